The van der Waals surface area contributed by atoms with E-state index in [1.807, 2.05) is 4.90 Å². The molecule has 1 saturated carbocycles. The summed E-state index contributed by atoms with van der Waals surface area (Å²) >= 11 is 0. The van der Waals surface area contributed by atoms with Crippen molar-refractivity contribution in [3.05, 3.63) is 11.6 Å². The molecule has 1 aliphatic carbocycles. The van der Waals surface area contributed by atoms with Crippen LogP contribution in [0.5, 0.6) is 0 Å². The van der Waals surface area contributed by atoms with E-state index in [1.165, 1.54) is 12.0 Å². The SMILES string of the molecule is O=C(C=C1CCC1)NC1CCN(C2CCOCC2)C1=O. The summed E-state index contributed by atoms with van der Waals surface area (Å²) in [5.41, 5.74) is 1.20. The zero-order valence-electron chi connectivity index (χ0n) is 11.8. The number of allylic oxidation sites excluding steroid dienone is 1. The van der Waals surface area contributed by atoms with Crippen LogP contribution in [0.15, 0.2) is 11.6 Å². The molecule has 1 N–H and O–H groups in total. The molecule has 1 atom stereocenters. The number of rotatable bonds is 3. The Balaban J connectivity index is 1.53. The van der Waals surface area contributed by atoms with E-state index in [-0.39, 0.29) is 17.9 Å². The second-order valence-electron chi connectivity index (χ2n) is 5.88. The van der Waals surface area contributed by atoms with E-state index in [2.05, 4.69) is 5.32 Å². The van der Waals surface area contributed by atoms with Crippen LogP contribution in [0.1, 0.15) is 38.5 Å². The van der Waals surface area contributed by atoms with Crippen molar-refractivity contribution in [3.63, 3.8) is 0 Å². The molecule has 2 aliphatic heterocycles. The largest absolute Gasteiger partial charge is 0.381 e. The lowest BCUT2D eigenvalue weighted by Gasteiger charge is -2.31. The lowest BCUT2D eigenvalue weighted by Crippen LogP contribution is -2.46. The summed E-state index contributed by atoms with van der Waals surface area (Å²) in [5, 5.41) is 2.86. The van der Waals surface area contributed by atoms with Crippen LogP contribution in [0, 0.1) is 0 Å². The van der Waals surface area contributed by atoms with Crippen LogP contribution in [0.25, 0.3) is 0 Å². The van der Waals surface area contributed by atoms with Crippen molar-refractivity contribution in [2.75, 3.05) is 19.8 Å². The van der Waals surface area contributed by atoms with Crippen molar-refractivity contribution in [3.8, 4) is 0 Å². The molecule has 0 spiro atoms. The van der Waals surface area contributed by atoms with E-state index < -0.39 is 0 Å². The fraction of sp³-hybridized carbons (Fsp3) is 0.733. The van der Waals surface area contributed by atoms with Crippen LogP contribution >= 0.6 is 0 Å². The summed E-state index contributed by atoms with van der Waals surface area (Å²) in [6, 6.07) is -0.0367. The van der Waals surface area contributed by atoms with Crippen molar-refractivity contribution in [2.45, 2.75) is 50.6 Å². The quantitative estimate of drug-likeness (QED) is 0.783. The number of nitrogens with one attached hydrogen (secondary N) is 1. The van der Waals surface area contributed by atoms with Crippen molar-refractivity contribution in [1.29, 1.82) is 0 Å². The summed E-state index contributed by atoms with van der Waals surface area (Å²) in [5.74, 6) is -0.0239. The van der Waals surface area contributed by atoms with E-state index >= 15 is 0 Å². The second-order valence-corrected chi connectivity index (χ2v) is 5.88. The average molecular weight is 278 g/mol. The molecule has 2 amide bonds. The third kappa shape index (κ3) is 2.87. The van der Waals surface area contributed by atoms with E-state index in [0.29, 0.717) is 6.04 Å². The maximum absolute atomic E-state index is 12.4. The molecule has 0 aromatic carbocycles. The van der Waals surface area contributed by atoms with E-state index in [4.69, 9.17) is 4.74 Å². The molecule has 1 unspecified atom stereocenters. The molecule has 3 fully saturated rings. The Morgan fingerprint density at radius 1 is 1.25 bits per heavy atom. The summed E-state index contributed by atoms with van der Waals surface area (Å²) < 4.78 is 5.33. The number of ether oxygens (including phenoxy) is 1. The van der Waals surface area contributed by atoms with Gasteiger partial charge >= 0.3 is 0 Å². The third-order valence-corrected chi connectivity index (χ3v) is 4.52. The van der Waals surface area contributed by atoms with Gasteiger partial charge in [-0.3, -0.25) is 9.59 Å². The first-order valence-corrected chi connectivity index (χ1v) is 7.62. The van der Waals surface area contributed by atoms with Gasteiger partial charge in [0.1, 0.15) is 6.04 Å². The van der Waals surface area contributed by atoms with Crippen LogP contribution in [0.3, 0.4) is 0 Å². The second kappa shape index (κ2) is 5.95. The van der Waals surface area contributed by atoms with Crippen molar-refractivity contribution in [2.24, 2.45) is 0 Å². The van der Waals surface area contributed by atoms with Gasteiger partial charge < -0.3 is 15.0 Å². The Morgan fingerprint density at radius 3 is 2.65 bits per heavy atom. The summed E-state index contributed by atoms with van der Waals surface area (Å²) in [4.78, 5) is 26.1. The van der Waals surface area contributed by atoms with E-state index in [0.717, 1.165) is 51.9 Å². The first kappa shape index (κ1) is 13.6. The highest BCUT2D eigenvalue weighted by atomic mass is 16.5. The Hall–Kier alpha value is -1.36. The molecule has 0 aromatic heterocycles. The zero-order valence-corrected chi connectivity index (χ0v) is 11.8. The normalized spacial score (nSPS) is 27.4. The van der Waals surface area contributed by atoms with Crippen LogP contribution < -0.4 is 5.32 Å². The summed E-state index contributed by atoms with van der Waals surface area (Å²) in [6.07, 6.45) is 7.46. The number of hydrogen-bond donors (Lipinski definition) is 1. The topological polar surface area (TPSA) is 58.6 Å². The number of carbonyl (C=O) groups excluding carboxylic acids is 2. The lowest BCUT2D eigenvalue weighted by atomic mass is 9.92. The molecule has 2 heterocycles. The molecule has 20 heavy (non-hydrogen) atoms. The van der Waals surface area contributed by atoms with Gasteiger partial charge in [0, 0.05) is 31.9 Å². The standard InChI is InChI=1S/C15H22N2O3/c18-14(10-11-2-1-3-11)16-13-4-7-17(15(13)19)12-5-8-20-9-6-12/h10,12-13H,1-9H2,(H,16,18). The highest BCUT2D eigenvalue weighted by molar-refractivity contribution is 5.94. The Bertz CT molecular complexity index is 421. The fourth-order valence-electron chi connectivity index (χ4n) is 3.12. The first-order chi connectivity index (χ1) is 9.74. The summed E-state index contributed by atoms with van der Waals surface area (Å²) in [6.45, 7) is 2.22. The number of likely N-dealkylation sites (tertiary alicyclic amines) is 1. The molecule has 5 heteroatoms. The molecule has 0 bridgehead atoms. The van der Waals surface area contributed by atoms with E-state index in [9.17, 15) is 9.59 Å². The van der Waals surface area contributed by atoms with Gasteiger partial charge in [-0.25, -0.2) is 0 Å². The number of hydrogen-bond acceptors (Lipinski definition) is 3. The minimum atomic E-state index is -0.331. The fourth-order valence-corrected chi connectivity index (χ4v) is 3.12. The Kier molecular flexibility index (Phi) is 4.05. The molecular weight excluding hydrogens is 256 g/mol. The molecule has 0 radical (unpaired) electrons. The minimum absolute atomic E-state index is 0.0808. The highest BCUT2D eigenvalue weighted by Crippen LogP contribution is 2.25. The maximum atomic E-state index is 12.4. The van der Waals surface area contributed by atoms with Crippen LogP contribution in [0.4, 0.5) is 0 Å². The zero-order chi connectivity index (χ0) is 13.9. The molecule has 0 aromatic rings. The monoisotopic (exact) mass is 278 g/mol. The predicted octanol–water partition coefficient (Wildman–Crippen LogP) is 0.993. The number of amides is 2. The van der Waals surface area contributed by atoms with E-state index in [1.54, 1.807) is 6.08 Å². The highest BCUT2D eigenvalue weighted by Gasteiger charge is 2.36. The van der Waals surface area contributed by atoms with Crippen molar-refractivity contribution in [1.82, 2.24) is 10.2 Å². The van der Waals surface area contributed by atoms with Gasteiger partial charge in [-0.2, -0.15) is 0 Å². The smallest absolute Gasteiger partial charge is 0.245 e. The van der Waals surface area contributed by atoms with Gasteiger partial charge in [0.15, 0.2) is 0 Å². The number of nitrogens with zero attached hydrogens (tertiary/aromatic N) is 1. The average Bonchev–Trinajstić information content (AvgIpc) is 2.77. The van der Waals surface area contributed by atoms with Crippen LogP contribution in [-0.2, 0) is 14.3 Å². The Labute approximate surface area is 119 Å². The molecule has 3 aliphatic rings. The molecule has 110 valence electrons. The predicted molar refractivity (Wildman–Crippen MR) is 74.0 cm³/mol. The minimum Gasteiger partial charge on any atom is -0.381 e. The summed E-state index contributed by atoms with van der Waals surface area (Å²) in [7, 11) is 0. The molecule has 3 rings (SSSR count). The first-order valence-electron chi connectivity index (χ1n) is 7.62. The third-order valence-electron chi connectivity index (χ3n) is 4.52. The van der Waals surface area contributed by atoms with Gasteiger partial charge in [-0.1, -0.05) is 5.57 Å². The van der Waals surface area contributed by atoms with Crippen molar-refractivity contribution >= 4 is 11.8 Å². The number of carbonyl (C=O) groups is 2. The van der Waals surface area contributed by atoms with Crippen LogP contribution in [0.2, 0.25) is 0 Å². The lowest BCUT2D eigenvalue weighted by molar-refractivity contribution is -0.134. The van der Waals surface area contributed by atoms with Gasteiger partial charge in [0.05, 0.1) is 0 Å². The van der Waals surface area contributed by atoms with Gasteiger partial charge in [0.25, 0.3) is 0 Å². The molecule has 5 nitrogen and oxygen atoms in total. The van der Waals surface area contributed by atoms with Crippen molar-refractivity contribution < 1.29 is 14.3 Å². The molecular formula is C15H22N2O3. The Morgan fingerprint density at radius 2 is 2.00 bits per heavy atom. The van der Waals surface area contributed by atoms with Gasteiger partial charge in [-0.05, 0) is 38.5 Å². The maximum Gasteiger partial charge on any atom is 0.245 e. The van der Waals surface area contributed by atoms with Crippen LogP contribution in [-0.4, -0.2) is 48.6 Å². The van der Waals surface area contributed by atoms with Gasteiger partial charge in [0.2, 0.25) is 11.8 Å². The van der Waals surface area contributed by atoms with Gasteiger partial charge in [-0.15, -0.1) is 0 Å². The molecule has 2 saturated heterocycles.